The van der Waals surface area contributed by atoms with Crippen LogP contribution in [0.1, 0.15) is 11.4 Å². The molecule has 0 aliphatic carbocycles. The molecule has 0 fully saturated rings. The monoisotopic (exact) mass is 529 g/mol. The number of benzene rings is 5. The van der Waals surface area contributed by atoms with Crippen LogP contribution in [0.2, 0.25) is 0 Å². The number of anilines is 3. The summed E-state index contributed by atoms with van der Waals surface area (Å²) >= 11 is 0. The number of nitrogens with zero attached hydrogens (tertiary/aromatic N) is 5. The quantitative estimate of drug-likeness (QED) is 0.223. The van der Waals surface area contributed by atoms with E-state index in [1.165, 1.54) is 0 Å². The van der Waals surface area contributed by atoms with E-state index in [1.807, 2.05) is 68.4 Å². The molecule has 5 aromatic carbocycles. The van der Waals surface area contributed by atoms with Gasteiger partial charge >= 0.3 is 0 Å². The minimum absolute atomic E-state index is 0.898. The number of hydrogen-bond acceptors (Lipinski definition) is 5. The Morgan fingerprint density at radius 3 is 1.12 bits per heavy atom. The first-order chi connectivity index (χ1) is 20.1. The van der Waals surface area contributed by atoms with Crippen molar-refractivity contribution >= 4 is 39.1 Å². The molecule has 0 atom stereocenters. The third-order valence-corrected chi connectivity index (χ3v) is 7.30. The third kappa shape index (κ3) is 4.68. The van der Waals surface area contributed by atoms with Crippen molar-refractivity contribution < 1.29 is 0 Å². The highest BCUT2D eigenvalue weighted by atomic mass is 15.1. The lowest BCUT2D eigenvalue weighted by Gasteiger charge is -2.26. The average molecular weight is 530 g/mol. The second kappa shape index (κ2) is 10.3. The van der Waals surface area contributed by atoms with Crippen molar-refractivity contribution in [3.8, 4) is 22.5 Å². The van der Waals surface area contributed by atoms with Crippen LogP contribution in [0.25, 0.3) is 44.6 Å². The molecule has 0 spiro atoms. The van der Waals surface area contributed by atoms with Crippen LogP contribution in [0.3, 0.4) is 0 Å². The molecule has 0 radical (unpaired) electrons. The maximum atomic E-state index is 4.91. The Labute approximate surface area is 238 Å². The molecule has 5 heteroatoms. The van der Waals surface area contributed by atoms with E-state index in [-0.39, 0.29) is 0 Å². The van der Waals surface area contributed by atoms with Crippen molar-refractivity contribution in [1.82, 2.24) is 19.9 Å². The molecule has 7 aromatic rings. The van der Waals surface area contributed by atoms with Crippen LogP contribution in [0.4, 0.5) is 17.1 Å². The Balaban J connectivity index is 1.26. The summed E-state index contributed by atoms with van der Waals surface area (Å²) < 4.78 is 0. The summed E-state index contributed by atoms with van der Waals surface area (Å²) in [5.74, 6) is 0. The molecule has 5 nitrogen and oxygen atoms in total. The summed E-state index contributed by atoms with van der Waals surface area (Å²) in [6.45, 7) is 4.03. The number of aryl methyl sites for hydroxylation is 2. The van der Waals surface area contributed by atoms with Gasteiger partial charge in [0.25, 0.3) is 0 Å². The zero-order valence-corrected chi connectivity index (χ0v) is 22.9. The molecule has 196 valence electrons. The minimum atomic E-state index is 0.898. The predicted octanol–water partition coefficient (Wildman–Crippen LogP) is 8.99. The molecule has 0 amide bonds. The molecule has 0 unspecified atom stereocenters. The molecule has 2 aromatic heterocycles. The number of aromatic nitrogens is 4. The van der Waals surface area contributed by atoms with Gasteiger partial charge in [-0.15, -0.1) is 0 Å². The van der Waals surface area contributed by atoms with Crippen molar-refractivity contribution in [2.75, 3.05) is 4.90 Å². The van der Waals surface area contributed by atoms with E-state index in [4.69, 9.17) is 19.9 Å². The molecule has 0 aliphatic rings. The van der Waals surface area contributed by atoms with Gasteiger partial charge in [0.2, 0.25) is 0 Å². The van der Waals surface area contributed by atoms with Gasteiger partial charge in [-0.2, -0.15) is 0 Å². The van der Waals surface area contributed by atoms with Gasteiger partial charge in [0.15, 0.2) is 0 Å². The largest absolute Gasteiger partial charge is 0.311 e. The van der Waals surface area contributed by atoms with Gasteiger partial charge in [0.1, 0.15) is 0 Å². The lowest BCUT2D eigenvalue weighted by atomic mass is 10.1. The second-order valence-electron chi connectivity index (χ2n) is 10.1. The molecule has 0 N–H and O–H groups in total. The molecule has 2 heterocycles. The molecule has 0 bridgehead atoms. The van der Waals surface area contributed by atoms with Gasteiger partial charge in [0, 0.05) is 28.2 Å². The topological polar surface area (TPSA) is 54.8 Å². The molecular formula is C36H27N5. The normalized spacial score (nSPS) is 11.2. The molecule has 0 aliphatic heterocycles. The molecular weight excluding hydrogens is 502 g/mol. The smallest absolute Gasteiger partial charge is 0.0922 e. The van der Waals surface area contributed by atoms with Gasteiger partial charge < -0.3 is 4.90 Å². The summed E-state index contributed by atoms with van der Waals surface area (Å²) in [6, 6.07) is 43.5. The second-order valence-corrected chi connectivity index (χ2v) is 10.1. The molecule has 0 saturated heterocycles. The van der Waals surface area contributed by atoms with Crippen molar-refractivity contribution in [1.29, 1.82) is 0 Å². The van der Waals surface area contributed by atoms with Crippen LogP contribution < -0.4 is 4.90 Å². The number of fused-ring (bicyclic) bond motifs is 2. The van der Waals surface area contributed by atoms with E-state index in [1.54, 1.807) is 0 Å². The third-order valence-electron chi connectivity index (χ3n) is 7.30. The van der Waals surface area contributed by atoms with Crippen LogP contribution in [0.15, 0.2) is 127 Å². The van der Waals surface area contributed by atoms with Crippen molar-refractivity contribution in [3.63, 3.8) is 0 Å². The average Bonchev–Trinajstić information content (AvgIpc) is 3.02. The number of rotatable bonds is 5. The zero-order valence-electron chi connectivity index (χ0n) is 22.9. The van der Waals surface area contributed by atoms with Crippen molar-refractivity contribution in [2.24, 2.45) is 0 Å². The van der Waals surface area contributed by atoms with E-state index in [2.05, 4.69) is 77.7 Å². The Bertz CT molecular complexity index is 1870. The van der Waals surface area contributed by atoms with Gasteiger partial charge in [-0.05, 0) is 74.5 Å². The van der Waals surface area contributed by atoms with Crippen LogP contribution in [-0.4, -0.2) is 19.9 Å². The van der Waals surface area contributed by atoms with Gasteiger partial charge in [0.05, 0.1) is 44.8 Å². The fraction of sp³-hybridized carbons (Fsp3) is 0.0556. The fourth-order valence-electron chi connectivity index (χ4n) is 5.28. The first-order valence-electron chi connectivity index (χ1n) is 13.7. The Morgan fingerprint density at radius 1 is 0.366 bits per heavy atom. The zero-order chi connectivity index (χ0) is 27.8. The Kier molecular flexibility index (Phi) is 6.17. The molecule has 7 rings (SSSR count). The highest BCUT2D eigenvalue weighted by Crippen LogP contribution is 2.37. The van der Waals surface area contributed by atoms with Crippen molar-refractivity contribution in [2.45, 2.75) is 13.8 Å². The summed E-state index contributed by atoms with van der Waals surface area (Å²) in [5, 5.41) is 0. The summed E-state index contributed by atoms with van der Waals surface area (Å²) in [5.41, 5.74) is 12.5. The lowest BCUT2D eigenvalue weighted by Crippen LogP contribution is -2.09. The van der Waals surface area contributed by atoms with E-state index < -0.39 is 0 Å². The SMILES string of the molecule is Cc1nc2ccccc2nc1-c1ccc(N(c2ccccc2)c2ccc(-c3nc4ccccc4nc3C)cc2)cc1. The molecule has 41 heavy (non-hydrogen) atoms. The van der Waals surface area contributed by atoms with Gasteiger partial charge in [-0.3, -0.25) is 0 Å². The van der Waals surface area contributed by atoms with Crippen LogP contribution in [0.5, 0.6) is 0 Å². The summed E-state index contributed by atoms with van der Waals surface area (Å²) in [7, 11) is 0. The minimum Gasteiger partial charge on any atom is -0.311 e. The van der Waals surface area contributed by atoms with E-state index in [0.717, 1.165) is 73.0 Å². The standard InChI is InChI=1S/C36H27N5/c1-24-35(39-33-14-8-6-12-31(33)37-24)26-16-20-29(21-17-26)41(28-10-4-3-5-11-28)30-22-18-27(19-23-30)36-25(2)38-32-13-7-9-15-34(32)40-36/h3-23H,1-2H3. The van der Waals surface area contributed by atoms with Crippen LogP contribution >= 0.6 is 0 Å². The summed E-state index contributed by atoms with van der Waals surface area (Å²) in [6.07, 6.45) is 0. The van der Waals surface area contributed by atoms with Crippen LogP contribution in [-0.2, 0) is 0 Å². The highest BCUT2D eigenvalue weighted by molar-refractivity contribution is 5.82. The predicted molar refractivity (Wildman–Crippen MR) is 168 cm³/mol. The summed E-state index contributed by atoms with van der Waals surface area (Å²) in [4.78, 5) is 21.6. The van der Waals surface area contributed by atoms with Crippen LogP contribution in [0, 0.1) is 13.8 Å². The van der Waals surface area contributed by atoms with Crippen molar-refractivity contribution in [3.05, 3.63) is 139 Å². The van der Waals surface area contributed by atoms with E-state index >= 15 is 0 Å². The first kappa shape index (κ1) is 24.6. The lowest BCUT2D eigenvalue weighted by molar-refractivity contribution is 1.19. The van der Waals surface area contributed by atoms with E-state index in [9.17, 15) is 0 Å². The van der Waals surface area contributed by atoms with E-state index in [0.29, 0.717) is 0 Å². The van der Waals surface area contributed by atoms with Gasteiger partial charge in [-0.1, -0.05) is 66.7 Å². The number of hydrogen-bond donors (Lipinski definition) is 0. The fourth-order valence-corrected chi connectivity index (χ4v) is 5.28. The maximum Gasteiger partial charge on any atom is 0.0922 e. The Hall–Kier alpha value is -5.42. The number of para-hydroxylation sites is 5. The molecule has 0 saturated carbocycles. The first-order valence-corrected chi connectivity index (χ1v) is 13.7. The maximum absolute atomic E-state index is 4.91. The van der Waals surface area contributed by atoms with Gasteiger partial charge in [-0.25, -0.2) is 19.9 Å². The Morgan fingerprint density at radius 2 is 0.707 bits per heavy atom. The highest BCUT2D eigenvalue weighted by Gasteiger charge is 2.15.